The van der Waals surface area contributed by atoms with Crippen LogP contribution >= 0.6 is 0 Å². The topological polar surface area (TPSA) is 78.7 Å². The highest BCUT2D eigenvalue weighted by atomic mass is 16.5. The lowest BCUT2D eigenvalue weighted by atomic mass is 9.94. The Bertz CT molecular complexity index is 1200. The van der Waals surface area contributed by atoms with Crippen LogP contribution in [0, 0.1) is 6.92 Å². The van der Waals surface area contributed by atoms with E-state index in [0.717, 1.165) is 29.1 Å². The summed E-state index contributed by atoms with van der Waals surface area (Å²) in [5.74, 6) is 0.581. The molecule has 0 atom stereocenters. The van der Waals surface area contributed by atoms with Gasteiger partial charge in [-0.3, -0.25) is 0 Å². The Morgan fingerprint density at radius 2 is 2.00 bits per heavy atom. The highest BCUT2D eigenvalue weighted by Gasteiger charge is 2.25. The van der Waals surface area contributed by atoms with Gasteiger partial charge in [0.25, 0.3) is 0 Å². The van der Waals surface area contributed by atoms with Crippen LogP contribution in [-0.4, -0.2) is 56.6 Å². The molecule has 0 saturated heterocycles. The number of aromatic nitrogens is 1. The molecule has 1 aromatic heterocycles. The standard InChI is InChI=1S/C24H26BN3O4/c1-15-12-16(28-23(15)19(9-10-26)21-6-5-11-27(21)25-28)7-8-18-20(24(29)32-4)13-17(30-2)14-22(18)31-3/h5-8,11-14H,9-10,26H2,1-4H3. The van der Waals surface area contributed by atoms with Crippen molar-refractivity contribution in [1.29, 1.82) is 0 Å². The predicted octanol–water partition coefficient (Wildman–Crippen LogP) is 2.88. The SMILES string of the molecule is COC(=O)c1cc(OC)cc(OC)c1C=Cc1cc(C)c2n1[B-][N+]1=CC=CC1=C2CCN. The van der Waals surface area contributed by atoms with Gasteiger partial charge in [0.15, 0.2) is 5.70 Å². The Morgan fingerprint density at radius 1 is 1.19 bits per heavy atom. The molecule has 0 unspecified atom stereocenters. The van der Waals surface area contributed by atoms with E-state index in [1.54, 1.807) is 26.4 Å². The van der Waals surface area contributed by atoms with Gasteiger partial charge in [-0.15, -0.1) is 0 Å². The fourth-order valence-corrected chi connectivity index (χ4v) is 4.21. The number of carbonyl (C=O) groups excluding carboxylic acids is 1. The van der Waals surface area contributed by atoms with Crippen molar-refractivity contribution < 1.29 is 23.5 Å². The number of hydrogen-bond acceptors (Lipinski definition) is 5. The summed E-state index contributed by atoms with van der Waals surface area (Å²) in [4.78, 5) is 12.4. The maximum atomic E-state index is 12.4. The number of rotatable bonds is 7. The van der Waals surface area contributed by atoms with Crippen molar-refractivity contribution in [3.05, 3.63) is 64.1 Å². The molecule has 2 N–H and O–H groups in total. The van der Waals surface area contributed by atoms with Crippen molar-refractivity contribution in [1.82, 2.24) is 4.48 Å². The lowest BCUT2D eigenvalue weighted by molar-refractivity contribution is -0.307. The summed E-state index contributed by atoms with van der Waals surface area (Å²) in [6.07, 6.45) is 10.8. The Hall–Kier alpha value is -3.52. The molecule has 2 aromatic rings. The predicted molar refractivity (Wildman–Crippen MR) is 126 cm³/mol. The number of nitrogens with two attached hydrogens (primary N) is 1. The van der Waals surface area contributed by atoms with Gasteiger partial charge in [-0.2, -0.15) is 0 Å². The van der Waals surface area contributed by atoms with Gasteiger partial charge in [-0.25, -0.2) is 4.79 Å². The normalized spacial score (nSPS) is 14.5. The second-order valence-electron chi connectivity index (χ2n) is 7.52. The van der Waals surface area contributed by atoms with E-state index in [-0.39, 0.29) is 0 Å². The van der Waals surface area contributed by atoms with Crippen LogP contribution in [-0.2, 0) is 4.74 Å². The highest BCUT2D eigenvalue weighted by molar-refractivity contribution is 6.28. The number of carbonyl (C=O) groups is 1. The molecule has 0 fully saturated rings. The molecule has 32 heavy (non-hydrogen) atoms. The zero-order chi connectivity index (χ0) is 22.8. The molecule has 2 radical (unpaired) electrons. The van der Waals surface area contributed by atoms with Gasteiger partial charge >= 0.3 is 5.97 Å². The van der Waals surface area contributed by atoms with Crippen LogP contribution in [0.3, 0.4) is 0 Å². The summed E-state index contributed by atoms with van der Waals surface area (Å²) in [6, 6.07) is 5.52. The van der Waals surface area contributed by atoms with Gasteiger partial charge in [0, 0.05) is 40.7 Å². The molecule has 3 heterocycles. The Morgan fingerprint density at radius 3 is 2.69 bits per heavy atom. The summed E-state index contributed by atoms with van der Waals surface area (Å²) in [5.41, 5.74) is 12.6. The van der Waals surface area contributed by atoms with Crippen LogP contribution < -0.4 is 15.2 Å². The van der Waals surface area contributed by atoms with Crippen LogP contribution in [0.4, 0.5) is 0 Å². The Kier molecular flexibility index (Phi) is 6.05. The van der Waals surface area contributed by atoms with Gasteiger partial charge in [-0.05, 0) is 49.7 Å². The summed E-state index contributed by atoms with van der Waals surface area (Å²) in [7, 11) is 6.52. The van der Waals surface area contributed by atoms with Crippen molar-refractivity contribution in [2.75, 3.05) is 27.9 Å². The quantitative estimate of drug-likeness (QED) is 0.539. The second kappa shape index (κ2) is 8.92. The first kappa shape index (κ1) is 21.7. The maximum Gasteiger partial charge on any atom is 0.338 e. The number of ether oxygens (including phenoxy) is 3. The highest BCUT2D eigenvalue weighted by Crippen LogP contribution is 2.35. The fourth-order valence-electron chi connectivity index (χ4n) is 4.21. The first-order valence-electron chi connectivity index (χ1n) is 10.3. The zero-order valence-electron chi connectivity index (χ0n) is 18.7. The largest absolute Gasteiger partial charge is 0.501 e. The number of fused-ring (bicyclic) bond motifs is 2. The summed E-state index contributed by atoms with van der Waals surface area (Å²) in [6.45, 7) is 2.67. The van der Waals surface area contributed by atoms with Crippen LogP contribution in [0.2, 0.25) is 0 Å². The van der Waals surface area contributed by atoms with Crippen molar-refractivity contribution in [3.63, 3.8) is 0 Å². The molecule has 4 rings (SSSR count). The minimum Gasteiger partial charge on any atom is -0.501 e. The zero-order valence-corrected chi connectivity index (χ0v) is 18.7. The average Bonchev–Trinajstić information content (AvgIpc) is 3.41. The van der Waals surface area contributed by atoms with Gasteiger partial charge in [0.1, 0.15) is 17.7 Å². The average molecular weight is 431 g/mol. The van der Waals surface area contributed by atoms with Gasteiger partial charge in [0.2, 0.25) is 7.55 Å². The second-order valence-corrected chi connectivity index (χ2v) is 7.52. The van der Waals surface area contributed by atoms with E-state index in [2.05, 4.69) is 35.6 Å². The molecule has 164 valence electrons. The number of hydrogen-bond donors (Lipinski definition) is 1. The minimum absolute atomic E-state index is 0.370. The van der Waals surface area contributed by atoms with Gasteiger partial charge in [0.05, 0.1) is 26.9 Å². The van der Waals surface area contributed by atoms with E-state index >= 15 is 0 Å². The van der Waals surface area contributed by atoms with Crippen molar-refractivity contribution >= 4 is 37.5 Å². The van der Waals surface area contributed by atoms with Crippen LogP contribution in [0.5, 0.6) is 11.5 Å². The Balaban J connectivity index is 1.82. The number of esters is 1. The van der Waals surface area contributed by atoms with Crippen molar-refractivity contribution in [2.45, 2.75) is 13.3 Å². The van der Waals surface area contributed by atoms with Crippen LogP contribution in [0.1, 0.15) is 39.3 Å². The smallest absolute Gasteiger partial charge is 0.338 e. The van der Waals surface area contributed by atoms with E-state index in [1.165, 1.54) is 12.7 Å². The fraction of sp³-hybridized carbons (Fsp3) is 0.250. The third kappa shape index (κ3) is 3.67. The van der Waals surface area contributed by atoms with E-state index in [0.29, 0.717) is 29.2 Å². The number of nitrogens with zero attached hydrogens (tertiary/aromatic N) is 2. The number of methoxy groups -OCH3 is 3. The molecule has 0 aliphatic carbocycles. The molecule has 2 aliphatic rings. The van der Waals surface area contributed by atoms with Crippen molar-refractivity contribution in [2.24, 2.45) is 5.73 Å². The van der Waals surface area contributed by atoms with E-state index in [9.17, 15) is 4.79 Å². The lowest BCUT2D eigenvalue weighted by Crippen LogP contribution is -2.30. The number of aryl methyl sites for hydroxylation is 1. The molecule has 0 spiro atoms. The molecule has 7 nitrogen and oxygen atoms in total. The molecular formula is C24H26BN3O4. The first-order valence-corrected chi connectivity index (χ1v) is 10.3. The van der Waals surface area contributed by atoms with Crippen LogP contribution in [0.15, 0.2) is 36.0 Å². The molecule has 2 aliphatic heterocycles. The molecule has 1 aromatic carbocycles. The molecule has 0 bridgehead atoms. The first-order chi connectivity index (χ1) is 15.5. The van der Waals surface area contributed by atoms with E-state index in [4.69, 9.17) is 19.9 Å². The molecular weight excluding hydrogens is 405 g/mol. The number of benzene rings is 1. The van der Waals surface area contributed by atoms with Crippen molar-refractivity contribution in [3.8, 4) is 11.5 Å². The summed E-state index contributed by atoms with van der Waals surface area (Å²) in [5, 5.41) is 0. The van der Waals surface area contributed by atoms with E-state index in [1.807, 2.05) is 24.4 Å². The molecule has 0 saturated carbocycles. The lowest BCUT2D eigenvalue weighted by Gasteiger charge is -2.29. The summed E-state index contributed by atoms with van der Waals surface area (Å²) < 4.78 is 20.1. The Labute approximate surface area is 188 Å². The number of allylic oxidation sites excluding steroid dienone is 2. The third-order valence-electron chi connectivity index (χ3n) is 5.66. The van der Waals surface area contributed by atoms with Gasteiger partial charge < -0.3 is 28.9 Å². The van der Waals surface area contributed by atoms with E-state index < -0.39 is 5.97 Å². The summed E-state index contributed by atoms with van der Waals surface area (Å²) >= 11 is 0. The monoisotopic (exact) mass is 431 g/mol. The third-order valence-corrected chi connectivity index (χ3v) is 5.66. The van der Waals surface area contributed by atoms with Gasteiger partial charge in [-0.1, -0.05) is 0 Å². The maximum absolute atomic E-state index is 12.4. The molecule has 8 heteroatoms. The van der Waals surface area contributed by atoms with Crippen LogP contribution in [0.25, 0.3) is 17.7 Å². The molecule has 0 amide bonds. The minimum atomic E-state index is -0.461.